The van der Waals surface area contributed by atoms with E-state index in [2.05, 4.69) is 26.0 Å². The molecular weight excluding hydrogens is 356 g/mol. The summed E-state index contributed by atoms with van der Waals surface area (Å²) in [6, 6.07) is 15.8. The van der Waals surface area contributed by atoms with Crippen LogP contribution in [0.1, 0.15) is 5.56 Å². The van der Waals surface area contributed by atoms with E-state index in [1.807, 2.05) is 30.3 Å². The maximum Gasteiger partial charge on any atom is 0.321 e. The molecule has 0 saturated heterocycles. The Bertz CT molecular complexity index is 912. The first-order valence-electron chi connectivity index (χ1n) is 7.76. The van der Waals surface area contributed by atoms with Crippen molar-refractivity contribution in [1.29, 1.82) is 0 Å². The van der Waals surface area contributed by atoms with Crippen LogP contribution in [0.25, 0.3) is 11.4 Å². The van der Waals surface area contributed by atoms with Crippen molar-refractivity contribution in [2.45, 2.75) is 13.1 Å². The minimum Gasteiger partial charge on any atom is -0.334 e. The van der Waals surface area contributed by atoms with Gasteiger partial charge in [-0.05, 0) is 22.9 Å². The number of hydrogen-bond donors (Lipinski definition) is 2. The number of rotatable bonds is 5. The van der Waals surface area contributed by atoms with Gasteiger partial charge in [-0.1, -0.05) is 54.1 Å². The monoisotopic (exact) mass is 370 g/mol. The average molecular weight is 371 g/mol. The van der Waals surface area contributed by atoms with Crippen LogP contribution >= 0.6 is 11.6 Å². The summed E-state index contributed by atoms with van der Waals surface area (Å²) in [7, 11) is 0. The number of nitrogens with one attached hydrogen (secondary N) is 2. The molecule has 26 heavy (non-hydrogen) atoms. The zero-order chi connectivity index (χ0) is 18.4. The maximum absolute atomic E-state index is 11.9. The van der Waals surface area contributed by atoms with Crippen molar-refractivity contribution in [2.24, 2.45) is 0 Å². The Labute approximate surface area is 154 Å². The number of urea groups is 1. The number of amides is 3. The highest BCUT2D eigenvalue weighted by Crippen LogP contribution is 2.23. The van der Waals surface area contributed by atoms with E-state index in [9.17, 15) is 9.59 Å². The Kier molecular flexibility index (Phi) is 5.55. The van der Waals surface area contributed by atoms with E-state index in [1.54, 1.807) is 24.3 Å². The molecule has 0 spiro atoms. The molecule has 132 valence electrons. The van der Waals surface area contributed by atoms with Gasteiger partial charge in [0.05, 0.1) is 5.02 Å². The summed E-state index contributed by atoms with van der Waals surface area (Å²) >= 11 is 6.08. The number of carbonyl (C=O) groups is 2. The van der Waals surface area contributed by atoms with Crippen molar-refractivity contribution in [3.05, 3.63) is 65.2 Å². The average Bonchev–Trinajstić information content (AvgIpc) is 3.09. The molecule has 9 heteroatoms. The van der Waals surface area contributed by atoms with Crippen molar-refractivity contribution >= 4 is 23.5 Å². The normalized spacial score (nSPS) is 10.3. The predicted octanol–water partition coefficient (Wildman–Crippen LogP) is 2.02. The lowest BCUT2D eigenvalue weighted by Gasteiger charge is -2.06. The van der Waals surface area contributed by atoms with Gasteiger partial charge in [-0.3, -0.25) is 10.1 Å². The molecule has 0 bridgehead atoms. The van der Waals surface area contributed by atoms with Crippen molar-refractivity contribution in [3.8, 4) is 11.4 Å². The molecule has 0 atom stereocenters. The number of carbonyl (C=O) groups excluding carboxylic acids is 2. The highest BCUT2D eigenvalue weighted by atomic mass is 35.5. The molecule has 3 aromatic rings. The highest BCUT2D eigenvalue weighted by molar-refractivity contribution is 6.33. The number of tetrazole rings is 1. The second-order valence-electron chi connectivity index (χ2n) is 5.34. The molecule has 0 aliphatic carbocycles. The predicted molar refractivity (Wildman–Crippen MR) is 95.1 cm³/mol. The van der Waals surface area contributed by atoms with Gasteiger partial charge in [0.15, 0.2) is 0 Å². The van der Waals surface area contributed by atoms with E-state index in [0.717, 1.165) is 10.4 Å². The zero-order valence-electron chi connectivity index (χ0n) is 13.6. The standard InChI is InChI=1S/C17H15ClN6O2/c18-14-9-5-4-8-13(14)16-21-23-24(22-16)11-15(25)20-17(26)19-10-12-6-2-1-3-7-12/h1-9H,10-11H2,(H2,19,20,25,26). The molecule has 3 amide bonds. The number of halogens is 1. The molecule has 0 aliphatic rings. The van der Waals surface area contributed by atoms with Gasteiger partial charge in [0.1, 0.15) is 6.54 Å². The lowest BCUT2D eigenvalue weighted by Crippen LogP contribution is -2.40. The topological polar surface area (TPSA) is 102 Å². The lowest BCUT2D eigenvalue weighted by molar-refractivity contribution is -0.121. The third-order valence-electron chi connectivity index (χ3n) is 3.40. The van der Waals surface area contributed by atoms with Gasteiger partial charge in [-0.15, -0.1) is 10.2 Å². The van der Waals surface area contributed by atoms with E-state index >= 15 is 0 Å². The van der Waals surface area contributed by atoms with Gasteiger partial charge in [0.25, 0.3) is 5.91 Å². The molecule has 2 N–H and O–H groups in total. The van der Waals surface area contributed by atoms with Crippen LogP contribution in [0.3, 0.4) is 0 Å². The van der Waals surface area contributed by atoms with Crippen LogP contribution in [0.4, 0.5) is 4.79 Å². The highest BCUT2D eigenvalue weighted by Gasteiger charge is 2.13. The van der Waals surface area contributed by atoms with Crippen LogP contribution in [0, 0.1) is 0 Å². The van der Waals surface area contributed by atoms with Crippen molar-refractivity contribution in [1.82, 2.24) is 30.8 Å². The minimum atomic E-state index is -0.592. The van der Waals surface area contributed by atoms with E-state index in [4.69, 9.17) is 11.6 Å². The summed E-state index contributed by atoms with van der Waals surface area (Å²) < 4.78 is 0. The molecule has 0 aliphatic heterocycles. The summed E-state index contributed by atoms with van der Waals surface area (Å²) in [5, 5.41) is 17.1. The summed E-state index contributed by atoms with van der Waals surface area (Å²) in [6.45, 7) is 0.0778. The molecule has 2 aromatic carbocycles. The van der Waals surface area contributed by atoms with Crippen LogP contribution in [0.15, 0.2) is 54.6 Å². The van der Waals surface area contributed by atoms with Crippen LogP contribution in [-0.4, -0.2) is 32.1 Å². The molecule has 0 saturated carbocycles. The fourth-order valence-electron chi connectivity index (χ4n) is 2.18. The third-order valence-corrected chi connectivity index (χ3v) is 3.73. The molecule has 0 unspecified atom stereocenters. The number of imide groups is 1. The fraction of sp³-hybridized carbons (Fsp3) is 0.118. The maximum atomic E-state index is 11.9. The molecule has 0 radical (unpaired) electrons. The quantitative estimate of drug-likeness (QED) is 0.715. The second kappa shape index (κ2) is 8.21. The van der Waals surface area contributed by atoms with Gasteiger partial charge >= 0.3 is 6.03 Å². The van der Waals surface area contributed by atoms with Crippen molar-refractivity contribution in [2.75, 3.05) is 0 Å². The van der Waals surface area contributed by atoms with Crippen molar-refractivity contribution in [3.63, 3.8) is 0 Å². The largest absolute Gasteiger partial charge is 0.334 e. The first kappa shape index (κ1) is 17.6. The number of nitrogens with zero attached hydrogens (tertiary/aromatic N) is 4. The molecule has 3 rings (SSSR count). The summed E-state index contributed by atoms with van der Waals surface area (Å²) in [5.74, 6) is -0.254. The van der Waals surface area contributed by atoms with Crippen LogP contribution in [0.5, 0.6) is 0 Å². The second-order valence-corrected chi connectivity index (χ2v) is 5.75. The Morgan fingerprint density at radius 2 is 1.77 bits per heavy atom. The zero-order valence-corrected chi connectivity index (χ0v) is 14.3. The smallest absolute Gasteiger partial charge is 0.321 e. The summed E-state index contributed by atoms with van der Waals surface area (Å²) in [5.41, 5.74) is 1.54. The number of benzene rings is 2. The molecule has 1 aromatic heterocycles. The summed E-state index contributed by atoms with van der Waals surface area (Å²) in [6.07, 6.45) is 0. The first-order valence-corrected chi connectivity index (χ1v) is 8.14. The Morgan fingerprint density at radius 1 is 1.04 bits per heavy atom. The number of hydrogen-bond acceptors (Lipinski definition) is 5. The Hall–Kier alpha value is -3.26. The first-order chi connectivity index (χ1) is 12.6. The fourth-order valence-corrected chi connectivity index (χ4v) is 2.40. The van der Waals surface area contributed by atoms with Crippen molar-refractivity contribution < 1.29 is 9.59 Å². The van der Waals surface area contributed by atoms with Crippen LogP contribution in [-0.2, 0) is 17.9 Å². The van der Waals surface area contributed by atoms with E-state index in [0.29, 0.717) is 23.0 Å². The lowest BCUT2D eigenvalue weighted by atomic mass is 10.2. The van der Waals surface area contributed by atoms with Gasteiger partial charge in [0.2, 0.25) is 5.82 Å². The van der Waals surface area contributed by atoms with Gasteiger partial charge in [-0.25, -0.2) is 4.79 Å². The van der Waals surface area contributed by atoms with Gasteiger partial charge in [0, 0.05) is 12.1 Å². The Morgan fingerprint density at radius 3 is 2.54 bits per heavy atom. The van der Waals surface area contributed by atoms with E-state index in [-0.39, 0.29) is 6.54 Å². The van der Waals surface area contributed by atoms with Crippen LogP contribution < -0.4 is 10.6 Å². The van der Waals surface area contributed by atoms with E-state index < -0.39 is 11.9 Å². The number of aromatic nitrogens is 4. The SMILES string of the molecule is O=C(Cn1nnc(-c2ccccc2Cl)n1)NC(=O)NCc1ccccc1. The Balaban J connectivity index is 1.52. The minimum absolute atomic E-state index is 0.240. The molecular formula is C17H15ClN6O2. The summed E-state index contributed by atoms with van der Waals surface area (Å²) in [4.78, 5) is 24.8. The molecule has 8 nitrogen and oxygen atoms in total. The van der Waals surface area contributed by atoms with E-state index in [1.165, 1.54) is 0 Å². The van der Waals surface area contributed by atoms with Gasteiger partial charge in [-0.2, -0.15) is 4.80 Å². The molecule has 0 fully saturated rings. The third kappa shape index (κ3) is 4.64. The van der Waals surface area contributed by atoms with Crippen LogP contribution in [0.2, 0.25) is 5.02 Å². The van der Waals surface area contributed by atoms with Gasteiger partial charge < -0.3 is 5.32 Å². The molecule has 1 heterocycles.